The Kier molecular flexibility index (Phi) is 3.84. The highest BCUT2D eigenvalue weighted by molar-refractivity contribution is 5.71. The molecule has 4 heteroatoms. The average Bonchev–Trinajstić information content (AvgIpc) is 2.83. The first-order valence-corrected chi connectivity index (χ1v) is 6.44. The van der Waals surface area contributed by atoms with Crippen LogP contribution in [-0.2, 0) is 12.8 Å². The highest BCUT2D eigenvalue weighted by Gasteiger charge is 2.22. The molecular formula is C14H18FNO2. The summed E-state index contributed by atoms with van der Waals surface area (Å²) in [6.07, 6.45) is 2.24. The lowest BCUT2D eigenvalue weighted by atomic mass is 10.1. The van der Waals surface area contributed by atoms with Crippen LogP contribution in [0.5, 0.6) is 5.75 Å². The molecule has 1 aromatic rings. The summed E-state index contributed by atoms with van der Waals surface area (Å²) < 4.78 is 19.0. The number of halogens is 1. The first-order valence-electron chi connectivity index (χ1n) is 6.44. The number of rotatable bonds is 3. The van der Waals surface area contributed by atoms with Gasteiger partial charge in [-0.25, -0.2) is 9.18 Å². The second kappa shape index (κ2) is 5.38. The third-order valence-electron chi connectivity index (χ3n) is 3.39. The van der Waals surface area contributed by atoms with Crippen molar-refractivity contribution in [2.75, 3.05) is 13.1 Å². The summed E-state index contributed by atoms with van der Waals surface area (Å²) in [5.74, 6) is -0.321. The van der Waals surface area contributed by atoms with Gasteiger partial charge in [-0.15, -0.1) is 0 Å². The highest BCUT2D eigenvalue weighted by Crippen LogP contribution is 2.33. The van der Waals surface area contributed by atoms with Gasteiger partial charge in [-0.1, -0.05) is 6.07 Å². The maximum absolute atomic E-state index is 13.8. The molecule has 0 saturated heterocycles. The van der Waals surface area contributed by atoms with E-state index in [1.165, 1.54) is 11.0 Å². The molecule has 1 aromatic carbocycles. The number of fused-ring (bicyclic) bond motifs is 1. The summed E-state index contributed by atoms with van der Waals surface area (Å²) in [4.78, 5) is 13.4. The van der Waals surface area contributed by atoms with E-state index in [4.69, 9.17) is 4.74 Å². The minimum absolute atomic E-state index is 0.127. The summed E-state index contributed by atoms with van der Waals surface area (Å²) in [5.41, 5.74) is 1.95. The Morgan fingerprint density at radius 3 is 2.72 bits per heavy atom. The van der Waals surface area contributed by atoms with Crippen LogP contribution in [0.1, 0.15) is 31.4 Å². The zero-order valence-corrected chi connectivity index (χ0v) is 10.8. The van der Waals surface area contributed by atoms with E-state index in [9.17, 15) is 9.18 Å². The first-order chi connectivity index (χ1) is 8.67. The van der Waals surface area contributed by atoms with E-state index in [2.05, 4.69) is 0 Å². The van der Waals surface area contributed by atoms with E-state index in [1.807, 2.05) is 13.8 Å². The Balaban J connectivity index is 2.24. The molecule has 0 aromatic heterocycles. The van der Waals surface area contributed by atoms with Crippen LogP contribution in [0.4, 0.5) is 9.18 Å². The molecule has 0 bridgehead atoms. The van der Waals surface area contributed by atoms with Gasteiger partial charge in [-0.3, -0.25) is 0 Å². The molecule has 2 rings (SSSR count). The summed E-state index contributed by atoms with van der Waals surface area (Å²) >= 11 is 0. The van der Waals surface area contributed by atoms with Gasteiger partial charge in [0.15, 0.2) is 11.6 Å². The summed E-state index contributed by atoms with van der Waals surface area (Å²) in [6.45, 7) is 4.87. The fraction of sp³-hybridized carbons (Fsp3) is 0.500. The second-order valence-electron chi connectivity index (χ2n) is 4.41. The number of ether oxygens (including phenoxy) is 1. The van der Waals surface area contributed by atoms with Crippen LogP contribution in [0.15, 0.2) is 12.1 Å². The second-order valence-corrected chi connectivity index (χ2v) is 4.41. The van der Waals surface area contributed by atoms with Gasteiger partial charge in [0, 0.05) is 18.7 Å². The van der Waals surface area contributed by atoms with Gasteiger partial charge in [0.25, 0.3) is 0 Å². The SMILES string of the molecule is CCN(CC)C(=O)Oc1c(F)ccc2c1CCC2. The molecule has 0 spiro atoms. The van der Waals surface area contributed by atoms with Gasteiger partial charge >= 0.3 is 6.09 Å². The molecule has 1 aliphatic rings. The molecule has 0 N–H and O–H groups in total. The van der Waals surface area contributed by atoms with Crippen molar-refractivity contribution in [2.45, 2.75) is 33.1 Å². The summed E-state index contributed by atoms with van der Waals surface area (Å²) in [7, 11) is 0. The molecule has 0 fully saturated rings. The Labute approximate surface area is 107 Å². The van der Waals surface area contributed by atoms with E-state index in [0.717, 1.165) is 30.4 Å². The zero-order chi connectivity index (χ0) is 13.1. The van der Waals surface area contributed by atoms with Crippen molar-refractivity contribution in [3.63, 3.8) is 0 Å². The van der Waals surface area contributed by atoms with Crippen LogP contribution in [0.3, 0.4) is 0 Å². The molecule has 0 saturated carbocycles. The Bertz CT molecular complexity index is 455. The van der Waals surface area contributed by atoms with E-state index < -0.39 is 11.9 Å². The zero-order valence-electron chi connectivity index (χ0n) is 10.8. The topological polar surface area (TPSA) is 29.5 Å². The van der Waals surface area contributed by atoms with Crippen molar-refractivity contribution in [2.24, 2.45) is 0 Å². The van der Waals surface area contributed by atoms with Gasteiger partial charge in [0.05, 0.1) is 0 Å². The van der Waals surface area contributed by atoms with Crippen molar-refractivity contribution in [1.29, 1.82) is 0 Å². The van der Waals surface area contributed by atoms with E-state index in [1.54, 1.807) is 6.07 Å². The Hall–Kier alpha value is -1.58. The minimum atomic E-state index is -0.473. The molecule has 18 heavy (non-hydrogen) atoms. The predicted octanol–water partition coefficient (Wildman–Crippen LogP) is 3.16. The lowest BCUT2D eigenvalue weighted by molar-refractivity contribution is 0.155. The maximum Gasteiger partial charge on any atom is 0.415 e. The van der Waals surface area contributed by atoms with Crippen molar-refractivity contribution >= 4 is 6.09 Å². The van der Waals surface area contributed by atoms with E-state index in [0.29, 0.717) is 13.1 Å². The normalized spacial score (nSPS) is 13.3. The van der Waals surface area contributed by atoms with Crippen molar-refractivity contribution < 1.29 is 13.9 Å². The molecule has 0 atom stereocenters. The molecule has 0 radical (unpaired) electrons. The largest absolute Gasteiger partial charge is 0.415 e. The number of hydrogen-bond donors (Lipinski definition) is 0. The summed E-state index contributed by atoms with van der Waals surface area (Å²) in [6, 6.07) is 3.17. The molecule has 0 unspecified atom stereocenters. The minimum Gasteiger partial charge on any atom is -0.407 e. The maximum atomic E-state index is 13.8. The van der Waals surface area contributed by atoms with E-state index in [-0.39, 0.29) is 5.75 Å². The smallest absolute Gasteiger partial charge is 0.407 e. The van der Waals surface area contributed by atoms with Crippen LogP contribution in [0.25, 0.3) is 0 Å². The van der Waals surface area contributed by atoms with Crippen LogP contribution in [0, 0.1) is 5.82 Å². The van der Waals surface area contributed by atoms with Crippen LogP contribution in [0.2, 0.25) is 0 Å². The van der Waals surface area contributed by atoms with Gasteiger partial charge in [-0.05, 0) is 44.7 Å². The molecule has 0 heterocycles. The average molecular weight is 251 g/mol. The van der Waals surface area contributed by atoms with Crippen molar-refractivity contribution in [1.82, 2.24) is 4.90 Å². The van der Waals surface area contributed by atoms with Crippen molar-refractivity contribution in [3.8, 4) is 5.75 Å². The number of carbonyl (C=O) groups is 1. The molecule has 1 aliphatic carbocycles. The lowest BCUT2D eigenvalue weighted by Crippen LogP contribution is -2.33. The van der Waals surface area contributed by atoms with Crippen LogP contribution >= 0.6 is 0 Å². The van der Waals surface area contributed by atoms with Gasteiger partial charge < -0.3 is 9.64 Å². The Morgan fingerprint density at radius 1 is 1.33 bits per heavy atom. The monoisotopic (exact) mass is 251 g/mol. The third kappa shape index (κ3) is 2.33. The number of amides is 1. The number of benzene rings is 1. The lowest BCUT2D eigenvalue weighted by Gasteiger charge is -2.19. The fourth-order valence-electron chi connectivity index (χ4n) is 2.35. The van der Waals surface area contributed by atoms with Gasteiger partial charge in [-0.2, -0.15) is 0 Å². The third-order valence-corrected chi connectivity index (χ3v) is 3.39. The van der Waals surface area contributed by atoms with Gasteiger partial charge in [0.1, 0.15) is 0 Å². The Morgan fingerprint density at radius 2 is 2.06 bits per heavy atom. The molecule has 1 amide bonds. The summed E-state index contributed by atoms with van der Waals surface area (Å²) in [5, 5.41) is 0. The highest BCUT2D eigenvalue weighted by atomic mass is 19.1. The quantitative estimate of drug-likeness (QED) is 0.825. The fourth-order valence-corrected chi connectivity index (χ4v) is 2.35. The molecule has 3 nitrogen and oxygen atoms in total. The van der Waals surface area contributed by atoms with Crippen molar-refractivity contribution in [3.05, 3.63) is 29.1 Å². The molecular weight excluding hydrogens is 233 g/mol. The van der Waals surface area contributed by atoms with E-state index >= 15 is 0 Å². The predicted molar refractivity (Wildman–Crippen MR) is 67.4 cm³/mol. The number of nitrogens with zero attached hydrogens (tertiary/aromatic N) is 1. The number of carbonyl (C=O) groups excluding carboxylic acids is 1. The molecule has 98 valence electrons. The number of hydrogen-bond acceptors (Lipinski definition) is 2. The van der Waals surface area contributed by atoms with Crippen LogP contribution in [-0.4, -0.2) is 24.1 Å². The molecule has 0 aliphatic heterocycles. The van der Waals surface area contributed by atoms with Crippen LogP contribution < -0.4 is 4.74 Å². The standard InChI is InChI=1S/C14H18FNO2/c1-3-16(4-2)14(17)18-13-11-7-5-6-10(11)8-9-12(13)15/h8-9H,3-7H2,1-2H3. The first kappa shape index (κ1) is 12.9. The van der Waals surface area contributed by atoms with Gasteiger partial charge in [0.2, 0.25) is 0 Å². The number of aryl methyl sites for hydroxylation is 1.